The second-order valence-electron chi connectivity index (χ2n) is 7.00. The molecule has 1 N–H and O–H groups in total. The number of aromatic nitrogens is 2. The Hall–Kier alpha value is -2.92. The highest BCUT2D eigenvalue weighted by molar-refractivity contribution is 5.55. The molecule has 4 rings (SSSR count). The number of nitrogens with zero attached hydrogens (tertiary/aromatic N) is 4. The molecule has 2 aromatic carbocycles. The van der Waals surface area contributed by atoms with Crippen LogP contribution in [-0.2, 0) is 6.54 Å². The van der Waals surface area contributed by atoms with Gasteiger partial charge < -0.3 is 10.0 Å². The van der Waals surface area contributed by atoms with Crippen molar-refractivity contribution in [2.75, 3.05) is 31.1 Å². The van der Waals surface area contributed by atoms with E-state index in [9.17, 15) is 5.11 Å². The number of aromatic hydroxyl groups is 1. The summed E-state index contributed by atoms with van der Waals surface area (Å²) in [5, 5.41) is 9.43. The summed E-state index contributed by atoms with van der Waals surface area (Å²) >= 11 is 0. The summed E-state index contributed by atoms with van der Waals surface area (Å²) in [6.07, 6.45) is 1.80. The van der Waals surface area contributed by atoms with Crippen LogP contribution in [0.4, 0.5) is 5.69 Å². The zero-order chi connectivity index (χ0) is 18.6. The van der Waals surface area contributed by atoms with Crippen LogP contribution in [0, 0.1) is 6.92 Å². The van der Waals surface area contributed by atoms with Gasteiger partial charge in [0.15, 0.2) is 5.82 Å². The lowest BCUT2D eigenvalue weighted by Crippen LogP contribution is -2.45. The van der Waals surface area contributed by atoms with Crippen molar-refractivity contribution < 1.29 is 5.11 Å². The van der Waals surface area contributed by atoms with Crippen LogP contribution in [0.25, 0.3) is 11.4 Å². The molecule has 1 fully saturated rings. The van der Waals surface area contributed by atoms with E-state index in [2.05, 4.69) is 44.0 Å². The average molecular weight is 360 g/mol. The van der Waals surface area contributed by atoms with Gasteiger partial charge in [0, 0.05) is 55.9 Å². The summed E-state index contributed by atoms with van der Waals surface area (Å²) in [6.45, 7) is 7.00. The molecule has 138 valence electrons. The van der Waals surface area contributed by atoms with E-state index in [1.807, 2.05) is 25.1 Å². The van der Waals surface area contributed by atoms with Crippen molar-refractivity contribution in [2.45, 2.75) is 13.5 Å². The van der Waals surface area contributed by atoms with Crippen LogP contribution in [0.15, 0.2) is 60.8 Å². The minimum absolute atomic E-state index is 0.317. The third-order valence-corrected chi connectivity index (χ3v) is 5.00. The molecule has 1 aliphatic rings. The molecule has 5 heteroatoms. The minimum atomic E-state index is 0.317. The first kappa shape index (κ1) is 17.5. The molecular weight excluding hydrogens is 336 g/mol. The zero-order valence-electron chi connectivity index (χ0n) is 15.5. The fourth-order valence-corrected chi connectivity index (χ4v) is 3.43. The third kappa shape index (κ3) is 4.26. The minimum Gasteiger partial charge on any atom is -0.508 e. The van der Waals surface area contributed by atoms with Gasteiger partial charge in [-0.15, -0.1) is 0 Å². The average Bonchev–Trinajstić information content (AvgIpc) is 2.70. The Balaban J connectivity index is 1.34. The number of benzene rings is 2. The molecule has 2 heterocycles. The molecule has 27 heavy (non-hydrogen) atoms. The molecule has 3 aromatic rings. The smallest absolute Gasteiger partial charge is 0.159 e. The Bertz CT molecular complexity index is 885. The molecular formula is C22H24N4O. The summed E-state index contributed by atoms with van der Waals surface area (Å²) in [5.74, 6) is 1.10. The van der Waals surface area contributed by atoms with Gasteiger partial charge in [0.1, 0.15) is 5.75 Å². The number of phenols is 1. The van der Waals surface area contributed by atoms with Gasteiger partial charge in [-0.2, -0.15) is 0 Å². The van der Waals surface area contributed by atoms with E-state index in [1.165, 1.54) is 11.3 Å². The highest BCUT2D eigenvalue weighted by Crippen LogP contribution is 2.21. The van der Waals surface area contributed by atoms with Crippen molar-refractivity contribution in [1.29, 1.82) is 0 Å². The summed E-state index contributed by atoms with van der Waals surface area (Å²) in [6, 6.07) is 17.9. The first-order valence-electron chi connectivity index (χ1n) is 9.33. The third-order valence-electron chi connectivity index (χ3n) is 5.00. The molecule has 1 aliphatic heterocycles. The Morgan fingerprint density at radius 1 is 0.889 bits per heavy atom. The summed E-state index contributed by atoms with van der Waals surface area (Å²) in [7, 11) is 0. The van der Waals surface area contributed by atoms with Gasteiger partial charge in [-0.25, -0.2) is 9.97 Å². The Morgan fingerprint density at radius 3 is 2.26 bits per heavy atom. The molecule has 0 bridgehead atoms. The Kier molecular flexibility index (Phi) is 5.03. The van der Waals surface area contributed by atoms with Gasteiger partial charge in [-0.1, -0.05) is 24.3 Å². The molecule has 1 saturated heterocycles. The van der Waals surface area contributed by atoms with Crippen molar-refractivity contribution in [3.8, 4) is 17.1 Å². The van der Waals surface area contributed by atoms with Crippen molar-refractivity contribution in [1.82, 2.24) is 14.9 Å². The molecule has 0 saturated carbocycles. The lowest BCUT2D eigenvalue weighted by atomic mass is 10.1. The fraction of sp³-hybridized carbons (Fsp3) is 0.273. The second-order valence-corrected chi connectivity index (χ2v) is 7.00. The maximum absolute atomic E-state index is 9.43. The number of piperazine rings is 1. The monoisotopic (exact) mass is 360 g/mol. The predicted molar refractivity (Wildman–Crippen MR) is 108 cm³/mol. The van der Waals surface area contributed by atoms with Gasteiger partial charge in [0.2, 0.25) is 0 Å². The van der Waals surface area contributed by atoms with Gasteiger partial charge >= 0.3 is 0 Å². The number of aryl methyl sites for hydroxylation is 1. The number of anilines is 1. The highest BCUT2D eigenvalue weighted by Gasteiger charge is 2.17. The molecule has 5 nitrogen and oxygen atoms in total. The van der Waals surface area contributed by atoms with E-state index in [4.69, 9.17) is 0 Å². The van der Waals surface area contributed by atoms with Crippen LogP contribution in [-0.4, -0.2) is 46.2 Å². The van der Waals surface area contributed by atoms with Crippen molar-refractivity contribution >= 4 is 5.69 Å². The maximum Gasteiger partial charge on any atom is 0.159 e. The topological polar surface area (TPSA) is 52.5 Å². The second kappa shape index (κ2) is 7.76. The van der Waals surface area contributed by atoms with Crippen LogP contribution in [0.3, 0.4) is 0 Å². The van der Waals surface area contributed by atoms with Crippen molar-refractivity contribution in [3.05, 3.63) is 72.1 Å². The van der Waals surface area contributed by atoms with Gasteiger partial charge in [-0.3, -0.25) is 4.90 Å². The largest absolute Gasteiger partial charge is 0.508 e. The van der Waals surface area contributed by atoms with Gasteiger partial charge in [-0.05, 0) is 42.8 Å². The standard InChI is InChI=1S/C22H24N4O/c1-17-10-11-23-22(24-17)19-4-2-18(3-5-19)16-25-12-14-26(15-13-25)20-6-8-21(27)9-7-20/h2-11,27H,12-16H2,1H3. The summed E-state index contributed by atoms with van der Waals surface area (Å²) < 4.78 is 0. The molecule has 1 aromatic heterocycles. The van der Waals surface area contributed by atoms with E-state index >= 15 is 0 Å². The number of hydrogen-bond donors (Lipinski definition) is 1. The van der Waals surface area contributed by atoms with E-state index in [0.29, 0.717) is 5.75 Å². The van der Waals surface area contributed by atoms with Crippen molar-refractivity contribution in [2.24, 2.45) is 0 Å². The quantitative estimate of drug-likeness (QED) is 0.772. The number of hydrogen-bond acceptors (Lipinski definition) is 5. The first-order valence-corrected chi connectivity index (χ1v) is 9.33. The lowest BCUT2D eigenvalue weighted by molar-refractivity contribution is 0.250. The SMILES string of the molecule is Cc1ccnc(-c2ccc(CN3CCN(c4ccc(O)cc4)CC3)cc2)n1. The first-order chi connectivity index (χ1) is 13.2. The lowest BCUT2D eigenvalue weighted by Gasteiger charge is -2.36. The molecule has 0 aliphatic carbocycles. The molecule has 0 radical (unpaired) electrons. The van der Waals surface area contributed by atoms with Crippen LogP contribution in [0.5, 0.6) is 5.75 Å². The molecule has 0 unspecified atom stereocenters. The molecule has 0 amide bonds. The molecule has 0 atom stereocenters. The van der Waals surface area contributed by atoms with Gasteiger partial charge in [0.05, 0.1) is 0 Å². The van der Waals surface area contributed by atoms with Crippen molar-refractivity contribution in [3.63, 3.8) is 0 Å². The number of rotatable bonds is 4. The van der Waals surface area contributed by atoms with Crippen LogP contribution >= 0.6 is 0 Å². The van der Waals surface area contributed by atoms with E-state index < -0.39 is 0 Å². The number of phenolic OH excluding ortho intramolecular Hbond substituents is 1. The predicted octanol–water partition coefficient (Wildman–Crippen LogP) is 3.48. The van der Waals surface area contributed by atoms with E-state index in [0.717, 1.165) is 49.8 Å². The zero-order valence-corrected chi connectivity index (χ0v) is 15.5. The maximum atomic E-state index is 9.43. The molecule has 0 spiro atoms. The summed E-state index contributed by atoms with van der Waals surface area (Å²) in [5.41, 5.74) is 4.52. The highest BCUT2D eigenvalue weighted by atomic mass is 16.3. The van der Waals surface area contributed by atoms with Crippen LogP contribution < -0.4 is 4.90 Å². The fourth-order valence-electron chi connectivity index (χ4n) is 3.43. The van der Waals surface area contributed by atoms with E-state index in [1.54, 1.807) is 18.3 Å². The Labute approximate surface area is 159 Å². The van der Waals surface area contributed by atoms with Crippen LogP contribution in [0.1, 0.15) is 11.3 Å². The van der Waals surface area contributed by atoms with Crippen LogP contribution in [0.2, 0.25) is 0 Å². The normalized spacial score (nSPS) is 15.1. The summed E-state index contributed by atoms with van der Waals surface area (Å²) in [4.78, 5) is 13.7. The van der Waals surface area contributed by atoms with E-state index in [-0.39, 0.29) is 0 Å². The van der Waals surface area contributed by atoms with Gasteiger partial charge in [0.25, 0.3) is 0 Å². The Morgan fingerprint density at radius 2 is 1.59 bits per heavy atom.